The lowest BCUT2D eigenvalue weighted by Crippen LogP contribution is -2.38. The van der Waals surface area contributed by atoms with E-state index in [0.29, 0.717) is 6.42 Å². The number of hydrogen-bond donors (Lipinski definition) is 1. The number of nitrogens with zero attached hydrogens (tertiary/aromatic N) is 3. The molecule has 1 atom stereocenters. The fourth-order valence-electron chi connectivity index (χ4n) is 2.79. The average molecular weight is 290 g/mol. The Labute approximate surface area is 123 Å². The summed E-state index contributed by atoms with van der Waals surface area (Å²) in [7, 11) is 0. The summed E-state index contributed by atoms with van der Waals surface area (Å²) in [5, 5.41) is 23.3. The Morgan fingerprint density at radius 2 is 2.19 bits per heavy atom. The third-order valence-corrected chi connectivity index (χ3v) is 3.61. The molecule has 0 spiro atoms. The first-order valence-electron chi connectivity index (χ1n) is 6.66. The Morgan fingerprint density at radius 1 is 1.52 bits per heavy atom. The van der Waals surface area contributed by atoms with Crippen LogP contribution in [0.1, 0.15) is 39.7 Å². The zero-order valence-electron chi connectivity index (χ0n) is 12.5. The third-order valence-electron chi connectivity index (χ3n) is 3.61. The lowest BCUT2D eigenvalue weighted by Gasteiger charge is -2.27. The third kappa shape index (κ3) is 2.95. The van der Waals surface area contributed by atoms with Gasteiger partial charge >= 0.3 is 5.69 Å². The predicted octanol–water partition coefficient (Wildman–Crippen LogP) is 2.62. The normalized spacial score (nSPS) is 22.5. The summed E-state index contributed by atoms with van der Waals surface area (Å²) in [4.78, 5) is 14.7. The van der Waals surface area contributed by atoms with Crippen molar-refractivity contribution in [1.82, 2.24) is 4.98 Å². The highest BCUT2D eigenvalue weighted by Gasteiger charge is 2.46. The Hall–Kier alpha value is -2.20. The Morgan fingerprint density at radius 3 is 2.67 bits per heavy atom. The largest absolute Gasteiger partial charge is 0.367 e. The topological polar surface area (TPSA) is 101 Å². The van der Waals surface area contributed by atoms with E-state index in [0.717, 1.165) is 0 Å². The van der Waals surface area contributed by atoms with Gasteiger partial charge in [0.25, 0.3) is 0 Å². The molecule has 1 unspecified atom stereocenters. The van der Waals surface area contributed by atoms with Crippen LogP contribution in [0, 0.1) is 21.4 Å². The van der Waals surface area contributed by atoms with Gasteiger partial charge in [0, 0.05) is 6.20 Å². The maximum absolute atomic E-state index is 11.2. The van der Waals surface area contributed by atoms with Gasteiger partial charge in [-0.1, -0.05) is 0 Å². The van der Waals surface area contributed by atoms with E-state index < -0.39 is 10.5 Å². The standard InChI is InChI=1S/C14H18N4O3/c1-13(2)7-10(14(3,4)21-13)17-12-11(18(19)20)9(8-15)5-6-16-12/h5-6,10H,7H2,1-4H3,(H,16,17). The quantitative estimate of drug-likeness (QED) is 0.678. The van der Waals surface area contributed by atoms with Crippen molar-refractivity contribution in [1.29, 1.82) is 5.26 Å². The van der Waals surface area contributed by atoms with Crippen LogP contribution in [0.15, 0.2) is 12.3 Å². The number of pyridine rings is 1. The number of hydrogen-bond acceptors (Lipinski definition) is 6. The highest BCUT2D eigenvalue weighted by molar-refractivity contribution is 5.64. The number of aromatic nitrogens is 1. The predicted molar refractivity (Wildman–Crippen MR) is 76.9 cm³/mol. The van der Waals surface area contributed by atoms with Crippen molar-refractivity contribution in [2.45, 2.75) is 51.4 Å². The van der Waals surface area contributed by atoms with E-state index in [2.05, 4.69) is 10.3 Å². The molecule has 2 rings (SSSR count). The Kier molecular flexibility index (Phi) is 3.59. The van der Waals surface area contributed by atoms with Crippen molar-refractivity contribution in [3.8, 4) is 6.07 Å². The summed E-state index contributed by atoms with van der Waals surface area (Å²) < 4.78 is 5.95. The van der Waals surface area contributed by atoms with Gasteiger partial charge in [0.1, 0.15) is 11.6 Å². The van der Waals surface area contributed by atoms with Gasteiger partial charge in [0.15, 0.2) is 0 Å². The number of nitriles is 1. The fraction of sp³-hybridized carbons (Fsp3) is 0.571. The van der Waals surface area contributed by atoms with E-state index in [1.54, 1.807) is 0 Å². The zero-order valence-corrected chi connectivity index (χ0v) is 12.5. The molecule has 1 aliphatic heterocycles. The molecular formula is C14H18N4O3. The van der Waals surface area contributed by atoms with Crippen molar-refractivity contribution >= 4 is 11.5 Å². The monoisotopic (exact) mass is 290 g/mol. The molecule has 0 aliphatic carbocycles. The molecule has 0 saturated carbocycles. The highest BCUT2D eigenvalue weighted by Crippen LogP contribution is 2.39. The van der Waals surface area contributed by atoms with Gasteiger partial charge in [-0.3, -0.25) is 10.1 Å². The van der Waals surface area contributed by atoms with Gasteiger partial charge in [0.05, 0.1) is 22.2 Å². The van der Waals surface area contributed by atoms with Crippen LogP contribution >= 0.6 is 0 Å². The van der Waals surface area contributed by atoms with Crippen molar-refractivity contribution < 1.29 is 9.66 Å². The lowest BCUT2D eigenvalue weighted by molar-refractivity contribution is -0.384. The summed E-state index contributed by atoms with van der Waals surface area (Å²) in [6.45, 7) is 7.81. The fourth-order valence-corrected chi connectivity index (χ4v) is 2.79. The van der Waals surface area contributed by atoms with Gasteiger partial charge in [-0.25, -0.2) is 4.98 Å². The van der Waals surface area contributed by atoms with Crippen LogP contribution in [0.3, 0.4) is 0 Å². The summed E-state index contributed by atoms with van der Waals surface area (Å²) >= 11 is 0. The summed E-state index contributed by atoms with van der Waals surface area (Å²) in [6, 6.07) is 3.03. The van der Waals surface area contributed by atoms with Crippen LogP contribution in [-0.4, -0.2) is 27.2 Å². The Bertz CT molecular complexity index is 619. The number of nitrogens with one attached hydrogen (secondary N) is 1. The van der Waals surface area contributed by atoms with E-state index in [1.165, 1.54) is 12.3 Å². The molecule has 1 aromatic heterocycles. The van der Waals surface area contributed by atoms with Crippen molar-refractivity contribution in [3.05, 3.63) is 27.9 Å². The molecule has 1 aromatic rings. The van der Waals surface area contributed by atoms with Crippen LogP contribution in [0.4, 0.5) is 11.5 Å². The van der Waals surface area contributed by atoms with Crippen LogP contribution < -0.4 is 5.32 Å². The van der Waals surface area contributed by atoms with E-state index in [9.17, 15) is 10.1 Å². The molecule has 1 saturated heterocycles. The SMILES string of the molecule is CC1(C)CC(Nc2nccc(C#N)c2[N+](=O)[O-])C(C)(C)O1. The molecule has 112 valence electrons. The van der Waals surface area contributed by atoms with Crippen LogP contribution in [0.5, 0.6) is 0 Å². The number of anilines is 1. The van der Waals surface area contributed by atoms with Gasteiger partial charge in [-0.15, -0.1) is 0 Å². The molecule has 7 nitrogen and oxygen atoms in total. The maximum Gasteiger partial charge on any atom is 0.328 e. The Balaban J connectivity index is 2.37. The molecule has 0 amide bonds. The summed E-state index contributed by atoms with van der Waals surface area (Å²) in [6.07, 6.45) is 2.08. The molecule has 1 N–H and O–H groups in total. The van der Waals surface area contributed by atoms with E-state index >= 15 is 0 Å². The summed E-state index contributed by atoms with van der Waals surface area (Å²) in [5.41, 5.74) is -1.10. The van der Waals surface area contributed by atoms with E-state index in [-0.39, 0.29) is 28.7 Å². The lowest BCUT2D eigenvalue weighted by atomic mass is 9.94. The second kappa shape index (κ2) is 4.97. The molecule has 0 bridgehead atoms. The van der Waals surface area contributed by atoms with E-state index in [1.807, 2.05) is 33.8 Å². The number of rotatable bonds is 3. The first-order chi connectivity index (χ1) is 9.66. The van der Waals surface area contributed by atoms with Crippen LogP contribution in [0.25, 0.3) is 0 Å². The molecule has 2 heterocycles. The number of nitro groups is 1. The van der Waals surface area contributed by atoms with Gasteiger partial charge in [-0.2, -0.15) is 5.26 Å². The second-order valence-electron chi connectivity index (χ2n) is 6.29. The second-order valence-corrected chi connectivity index (χ2v) is 6.29. The van der Waals surface area contributed by atoms with Crippen molar-refractivity contribution in [2.24, 2.45) is 0 Å². The van der Waals surface area contributed by atoms with Crippen LogP contribution in [0.2, 0.25) is 0 Å². The first kappa shape index (κ1) is 15.2. The number of ether oxygens (including phenoxy) is 1. The van der Waals surface area contributed by atoms with Gasteiger partial charge in [-0.05, 0) is 40.2 Å². The molecule has 21 heavy (non-hydrogen) atoms. The molecule has 1 fully saturated rings. The molecule has 1 aliphatic rings. The first-order valence-corrected chi connectivity index (χ1v) is 6.66. The van der Waals surface area contributed by atoms with Gasteiger partial charge < -0.3 is 10.1 Å². The van der Waals surface area contributed by atoms with Crippen molar-refractivity contribution in [3.63, 3.8) is 0 Å². The molecule has 0 radical (unpaired) electrons. The average Bonchev–Trinajstić information content (AvgIpc) is 2.56. The molecular weight excluding hydrogens is 272 g/mol. The highest BCUT2D eigenvalue weighted by atomic mass is 16.6. The zero-order chi connectivity index (χ0) is 15.8. The van der Waals surface area contributed by atoms with Crippen LogP contribution in [-0.2, 0) is 4.74 Å². The maximum atomic E-state index is 11.2. The van der Waals surface area contributed by atoms with Gasteiger partial charge in [0.2, 0.25) is 5.82 Å². The molecule has 0 aromatic carbocycles. The molecule has 7 heteroatoms. The summed E-state index contributed by atoms with van der Waals surface area (Å²) in [5.74, 6) is 0.110. The van der Waals surface area contributed by atoms with E-state index in [4.69, 9.17) is 10.00 Å². The minimum Gasteiger partial charge on any atom is -0.367 e. The minimum atomic E-state index is -0.582. The smallest absolute Gasteiger partial charge is 0.328 e. The minimum absolute atomic E-state index is 0.00604. The van der Waals surface area contributed by atoms with Crippen molar-refractivity contribution in [2.75, 3.05) is 5.32 Å².